The third-order valence-corrected chi connectivity index (χ3v) is 4.23. The maximum atomic E-state index is 12.3. The zero-order valence-electron chi connectivity index (χ0n) is 12.2. The molecule has 1 amide bonds. The highest BCUT2D eigenvalue weighted by atomic mass is 16.5. The number of carbonyl (C=O) groups excluding carboxylic acids is 1. The Morgan fingerprint density at radius 3 is 2.63 bits per heavy atom. The summed E-state index contributed by atoms with van der Waals surface area (Å²) >= 11 is 0. The minimum Gasteiger partial charge on any atom is -0.378 e. The van der Waals surface area contributed by atoms with Crippen molar-refractivity contribution in [3.8, 4) is 0 Å². The standard InChI is InChI=1S/C15H28N2O2/c1-13(16-9-8-14-7-6-12-19-14)15(18)17-10-4-2-3-5-11-17/h13-14,16H,2-12H2,1H3. The van der Waals surface area contributed by atoms with Gasteiger partial charge in [-0.3, -0.25) is 4.79 Å². The van der Waals surface area contributed by atoms with E-state index in [-0.39, 0.29) is 11.9 Å². The molecule has 110 valence electrons. The molecule has 0 radical (unpaired) electrons. The van der Waals surface area contributed by atoms with Crippen LogP contribution in [0.2, 0.25) is 0 Å². The van der Waals surface area contributed by atoms with Crippen molar-refractivity contribution in [2.24, 2.45) is 0 Å². The van der Waals surface area contributed by atoms with Crippen LogP contribution in [0, 0.1) is 0 Å². The Morgan fingerprint density at radius 2 is 2.00 bits per heavy atom. The van der Waals surface area contributed by atoms with Crippen molar-refractivity contribution in [1.29, 1.82) is 0 Å². The predicted molar refractivity (Wildman–Crippen MR) is 76.1 cm³/mol. The molecule has 4 nitrogen and oxygen atoms in total. The molecule has 2 heterocycles. The fourth-order valence-corrected chi connectivity index (χ4v) is 2.99. The third kappa shape index (κ3) is 4.77. The lowest BCUT2D eigenvalue weighted by molar-refractivity contribution is -0.133. The third-order valence-electron chi connectivity index (χ3n) is 4.23. The van der Waals surface area contributed by atoms with E-state index in [1.54, 1.807) is 0 Å². The molecule has 0 aromatic heterocycles. The van der Waals surface area contributed by atoms with Crippen LogP contribution in [-0.2, 0) is 9.53 Å². The fraction of sp³-hybridized carbons (Fsp3) is 0.933. The van der Waals surface area contributed by atoms with Gasteiger partial charge in [-0.15, -0.1) is 0 Å². The van der Waals surface area contributed by atoms with Crippen molar-refractivity contribution >= 4 is 5.91 Å². The van der Waals surface area contributed by atoms with Crippen LogP contribution in [0.1, 0.15) is 51.9 Å². The summed E-state index contributed by atoms with van der Waals surface area (Å²) in [6, 6.07) is -0.0560. The summed E-state index contributed by atoms with van der Waals surface area (Å²) in [6.07, 6.45) is 8.66. The molecule has 0 aromatic carbocycles. The molecule has 2 unspecified atom stereocenters. The summed E-state index contributed by atoms with van der Waals surface area (Å²) in [5.41, 5.74) is 0. The van der Waals surface area contributed by atoms with Crippen LogP contribution >= 0.6 is 0 Å². The normalized spacial score (nSPS) is 26.2. The quantitative estimate of drug-likeness (QED) is 0.828. The van der Waals surface area contributed by atoms with E-state index in [9.17, 15) is 4.79 Å². The van der Waals surface area contributed by atoms with Crippen LogP contribution in [-0.4, -0.2) is 49.2 Å². The van der Waals surface area contributed by atoms with Gasteiger partial charge in [0.1, 0.15) is 0 Å². The molecule has 0 aliphatic carbocycles. The largest absolute Gasteiger partial charge is 0.378 e. The number of hydrogen-bond acceptors (Lipinski definition) is 3. The molecule has 1 N–H and O–H groups in total. The number of nitrogens with one attached hydrogen (secondary N) is 1. The number of rotatable bonds is 5. The highest BCUT2D eigenvalue weighted by Gasteiger charge is 2.21. The van der Waals surface area contributed by atoms with Gasteiger partial charge >= 0.3 is 0 Å². The summed E-state index contributed by atoms with van der Waals surface area (Å²) < 4.78 is 5.59. The van der Waals surface area contributed by atoms with Gasteiger partial charge in [0, 0.05) is 19.7 Å². The van der Waals surface area contributed by atoms with Crippen molar-refractivity contribution in [2.45, 2.75) is 64.0 Å². The van der Waals surface area contributed by atoms with Gasteiger partial charge in [-0.25, -0.2) is 0 Å². The predicted octanol–water partition coefficient (Wildman–Crippen LogP) is 1.94. The molecular formula is C15H28N2O2. The number of ether oxygens (including phenoxy) is 1. The summed E-state index contributed by atoms with van der Waals surface area (Å²) in [5.74, 6) is 0.272. The Morgan fingerprint density at radius 1 is 1.26 bits per heavy atom. The van der Waals surface area contributed by atoms with E-state index in [0.717, 1.165) is 45.5 Å². The van der Waals surface area contributed by atoms with Crippen molar-refractivity contribution < 1.29 is 9.53 Å². The lowest BCUT2D eigenvalue weighted by atomic mass is 10.2. The summed E-state index contributed by atoms with van der Waals surface area (Å²) in [6.45, 7) is 5.66. The molecule has 0 aromatic rings. The Balaban J connectivity index is 1.65. The van der Waals surface area contributed by atoms with Gasteiger partial charge in [-0.2, -0.15) is 0 Å². The maximum Gasteiger partial charge on any atom is 0.239 e. The minimum absolute atomic E-state index is 0.0560. The van der Waals surface area contributed by atoms with Crippen molar-refractivity contribution in [1.82, 2.24) is 10.2 Å². The Kier molecular flexibility index (Phi) is 6.11. The Bertz CT molecular complexity index is 269. The van der Waals surface area contributed by atoms with Gasteiger partial charge in [-0.05, 0) is 45.6 Å². The first-order chi connectivity index (χ1) is 9.27. The van der Waals surface area contributed by atoms with E-state index in [0.29, 0.717) is 6.10 Å². The zero-order chi connectivity index (χ0) is 13.5. The van der Waals surface area contributed by atoms with Gasteiger partial charge in [0.25, 0.3) is 0 Å². The average Bonchev–Trinajstić information content (AvgIpc) is 2.78. The van der Waals surface area contributed by atoms with E-state index in [4.69, 9.17) is 4.74 Å². The molecule has 0 spiro atoms. The second-order valence-corrected chi connectivity index (χ2v) is 5.84. The SMILES string of the molecule is CC(NCCC1CCCO1)C(=O)N1CCCCCC1. The highest BCUT2D eigenvalue weighted by molar-refractivity contribution is 5.81. The average molecular weight is 268 g/mol. The number of nitrogens with zero attached hydrogens (tertiary/aromatic N) is 1. The van der Waals surface area contributed by atoms with Crippen LogP contribution < -0.4 is 5.32 Å². The van der Waals surface area contributed by atoms with Crippen LogP contribution in [0.3, 0.4) is 0 Å². The van der Waals surface area contributed by atoms with Gasteiger partial charge in [0.05, 0.1) is 12.1 Å². The van der Waals surface area contributed by atoms with Crippen molar-refractivity contribution in [3.05, 3.63) is 0 Å². The van der Waals surface area contributed by atoms with Gasteiger partial charge in [0.2, 0.25) is 5.91 Å². The first-order valence-corrected chi connectivity index (χ1v) is 7.91. The van der Waals surface area contributed by atoms with E-state index >= 15 is 0 Å². The summed E-state index contributed by atoms with van der Waals surface area (Å²) in [7, 11) is 0. The van der Waals surface area contributed by atoms with Crippen LogP contribution in [0.5, 0.6) is 0 Å². The second-order valence-electron chi connectivity index (χ2n) is 5.84. The molecular weight excluding hydrogens is 240 g/mol. The Labute approximate surface area is 116 Å². The maximum absolute atomic E-state index is 12.3. The van der Waals surface area contributed by atoms with E-state index < -0.39 is 0 Å². The smallest absolute Gasteiger partial charge is 0.239 e. The fourth-order valence-electron chi connectivity index (χ4n) is 2.99. The van der Waals surface area contributed by atoms with E-state index in [1.807, 2.05) is 11.8 Å². The van der Waals surface area contributed by atoms with Crippen LogP contribution in [0.4, 0.5) is 0 Å². The van der Waals surface area contributed by atoms with Gasteiger partial charge in [-0.1, -0.05) is 12.8 Å². The molecule has 19 heavy (non-hydrogen) atoms. The first-order valence-electron chi connectivity index (χ1n) is 7.91. The number of amides is 1. The number of likely N-dealkylation sites (tertiary alicyclic amines) is 1. The molecule has 4 heteroatoms. The topological polar surface area (TPSA) is 41.6 Å². The molecule has 0 bridgehead atoms. The molecule has 2 saturated heterocycles. The number of carbonyl (C=O) groups is 1. The number of hydrogen-bond donors (Lipinski definition) is 1. The molecule has 0 saturated carbocycles. The molecule has 2 rings (SSSR count). The van der Waals surface area contributed by atoms with E-state index in [2.05, 4.69) is 5.32 Å². The molecule has 2 aliphatic rings. The Hall–Kier alpha value is -0.610. The van der Waals surface area contributed by atoms with Crippen molar-refractivity contribution in [2.75, 3.05) is 26.2 Å². The molecule has 2 atom stereocenters. The highest BCUT2D eigenvalue weighted by Crippen LogP contribution is 2.15. The monoisotopic (exact) mass is 268 g/mol. The first kappa shape index (κ1) is 14.8. The minimum atomic E-state index is -0.0560. The van der Waals surface area contributed by atoms with Crippen LogP contribution in [0.15, 0.2) is 0 Å². The summed E-state index contributed by atoms with van der Waals surface area (Å²) in [4.78, 5) is 14.3. The molecule has 2 fully saturated rings. The summed E-state index contributed by atoms with van der Waals surface area (Å²) in [5, 5.41) is 3.36. The lowest BCUT2D eigenvalue weighted by Gasteiger charge is -2.25. The lowest BCUT2D eigenvalue weighted by Crippen LogP contribution is -2.45. The molecule has 2 aliphatic heterocycles. The van der Waals surface area contributed by atoms with Gasteiger partial charge in [0.15, 0.2) is 0 Å². The zero-order valence-corrected chi connectivity index (χ0v) is 12.2. The van der Waals surface area contributed by atoms with E-state index in [1.165, 1.54) is 25.7 Å². The van der Waals surface area contributed by atoms with Crippen molar-refractivity contribution in [3.63, 3.8) is 0 Å². The second kappa shape index (κ2) is 7.85. The van der Waals surface area contributed by atoms with Crippen LogP contribution in [0.25, 0.3) is 0 Å². The van der Waals surface area contributed by atoms with Gasteiger partial charge < -0.3 is 15.0 Å².